The number of nitrogens with zero attached hydrogens (tertiary/aromatic N) is 4. The van der Waals surface area contributed by atoms with Crippen molar-refractivity contribution >= 4 is 32.7 Å². The molecule has 49 heavy (non-hydrogen) atoms. The molecule has 228 valence electrons. The number of hydrogen-bond acceptors (Lipinski definition) is 5. The van der Waals surface area contributed by atoms with Crippen LogP contribution in [0.2, 0.25) is 0 Å². The minimum Gasteiger partial charge on any atom is -0.455 e. The summed E-state index contributed by atoms with van der Waals surface area (Å²) in [5.74, 6) is 1.91. The SMILES string of the molecule is N#Cc1cccc2oc3c4ccccc4c(-c4ccc(-c5ccc(-c6nc(-c7ccccc7)nc(-c7ccccc7)n6)cc5)cc4)cc3c12. The molecule has 0 aliphatic rings. The molecule has 7 aromatic carbocycles. The average Bonchev–Trinajstić information content (AvgIpc) is 3.57. The van der Waals surface area contributed by atoms with Crippen LogP contribution in [0, 0.1) is 11.3 Å². The Labute approximate surface area is 282 Å². The summed E-state index contributed by atoms with van der Waals surface area (Å²) in [5.41, 5.74) is 9.33. The van der Waals surface area contributed by atoms with E-state index in [2.05, 4.69) is 78.9 Å². The lowest BCUT2D eigenvalue weighted by Gasteiger charge is -2.10. The Bertz CT molecular complexity index is 2630. The van der Waals surface area contributed by atoms with Crippen LogP contribution in [-0.2, 0) is 0 Å². The van der Waals surface area contributed by atoms with E-state index in [1.807, 2.05) is 84.9 Å². The number of rotatable bonds is 5. The lowest BCUT2D eigenvalue weighted by Crippen LogP contribution is -2.00. The molecule has 0 unspecified atom stereocenters. The minimum atomic E-state index is 0.612. The zero-order valence-electron chi connectivity index (χ0n) is 26.2. The molecule has 2 heterocycles. The second-order valence-corrected chi connectivity index (χ2v) is 11.9. The molecule has 0 amide bonds. The van der Waals surface area contributed by atoms with Crippen molar-refractivity contribution < 1.29 is 4.42 Å². The number of nitriles is 1. The van der Waals surface area contributed by atoms with E-state index in [1.54, 1.807) is 0 Å². The van der Waals surface area contributed by atoms with Crippen LogP contribution in [0.5, 0.6) is 0 Å². The second kappa shape index (κ2) is 11.7. The number of furan rings is 1. The highest BCUT2D eigenvalue weighted by Crippen LogP contribution is 2.41. The zero-order valence-corrected chi connectivity index (χ0v) is 26.2. The lowest BCUT2D eigenvalue weighted by atomic mass is 9.93. The van der Waals surface area contributed by atoms with E-state index in [1.165, 1.54) is 0 Å². The van der Waals surface area contributed by atoms with Gasteiger partial charge < -0.3 is 4.42 Å². The topological polar surface area (TPSA) is 75.6 Å². The fraction of sp³-hybridized carbons (Fsp3) is 0. The molecule has 0 saturated heterocycles. The highest BCUT2D eigenvalue weighted by molar-refractivity contribution is 6.20. The Morgan fingerprint density at radius 1 is 0.429 bits per heavy atom. The van der Waals surface area contributed by atoms with Crippen LogP contribution in [0.1, 0.15) is 5.56 Å². The molecule has 9 rings (SSSR count). The first-order valence-corrected chi connectivity index (χ1v) is 16.1. The van der Waals surface area contributed by atoms with Gasteiger partial charge in [0.15, 0.2) is 17.5 Å². The van der Waals surface area contributed by atoms with E-state index in [9.17, 15) is 5.26 Å². The van der Waals surface area contributed by atoms with Gasteiger partial charge in [-0.2, -0.15) is 5.26 Å². The van der Waals surface area contributed by atoms with Crippen LogP contribution in [-0.4, -0.2) is 15.0 Å². The molecule has 0 spiro atoms. The zero-order chi connectivity index (χ0) is 32.7. The third-order valence-electron chi connectivity index (χ3n) is 8.99. The summed E-state index contributed by atoms with van der Waals surface area (Å²) in [6.45, 7) is 0. The van der Waals surface area contributed by atoms with Gasteiger partial charge >= 0.3 is 0 Å². The predicted octanol–water partition coefficient (Wildman–Crippen LogP) is 11.1. The number of benzene rings is 7. The van der Waals surface area contributed by atoms with Crippen molar-refractivity contribution in [2.75, 3.05) is 0 Å². The Kier molecular flexibility index (Phi) is 6.78. The van der Waals surface area contributed by atoms with Crippen molar-refractivity contribution in [3.8, 4) is 62.5 Å². The normalized spacial score (nSPS) is 11.2. The predicted molar refractivity (Wildman–Crippen MR) is 197 cm³/mol. The van der Waals surface area contributed by atoms with Gasteiger partial charge in [0, 0.05) is 32.8 Å². The van der Waals surface area contributed by atoms with Gasteiger partial charge in [-0.25, -0.2) is 15.0 Å². The van der Waals surface area contributed by atoms with Crippen molar-refractivity contribution in [3.05, 3.63) is 163 Å². The first kappa shape index (κ1) is 28.3. The maximum atomic E-state index is 9.85. The first-order chi connectivity index (χ1) is 24.2. The van der Waals surface area contributed by atoms with Gasteiger partial charge in [0.05, 0.1) is 11.6 Å². The van der Waals surface area contributed by atoms with Gasteiger partial charge in [-0.15, -0.1) is 0 Å². The molecule has 0 atom stereocenters. The summed E-state index contributed by atoms with van der Waals surface area (Å²) < 4.78 is 6.31. The van der Waals surface area contributed by atoms with Crippen LogP contribution in [0.25, 0.3) is 89.1 Å². The van der Waals surface area contributed by atoms with Gasteiger partial charge in [0.2, 0.25) is 0 Å². The van der Waals surface area contributed by atoms with Gasteiger partial charge in [0.25, 0.3) is 0 Å². The van der Waals surface area contributed by atoms with E-state index < -0.39 is 0 Å². The molecule has 0 bridgehead atoms. The van der Waals surface area contributed by atoms with E-state index in [0.29, 0.717) is 23.0 Å². The van der Waals surface area contributed by atoms with Gasteiger partial charge in [0.1, 0.15) is 11.2 Å². The van der Waals surface area contributed by atoms with Gasteiger partial charge in [-0.1, -0.05) is 140 Å². The maximum Gasteiger partial charge on any atom is 0.164 e. The van der Waals surface area contributed by atoms with Crippen molar-refractivity contribution in [1.29, 1.82) is 5.26 Å². The fourth-order valence-electron chi connectivity index (χ4n) is 6.57. The van der Waals surface area contributed by atoms with Crippen LogP contribution in [0.3, 0.4) is 0 Å². The Hall–Kier alpha value is -6.90. The minimum absolute atomic E-state index is 0.612. The third kappa shape index (κ3) is 5.00. The lowest BCUT2D eigenvalue weighted by molar-refractivity contribution is 0.672. The molecule has 0 saturated carbocycles. The molecule has 0 aliphatic carbocycles. The highest BCUT2D eigenvalue weighted by atomic mass is 16.3. The molecule has 0 N–H and O–H groups in total. The molecule has 0 fully saturated rings. The van der Waals surface area contributed by atoms with E-state index >= 15 is 0 Å². The third-order valence-corrected chi connectivity index (χ3v) is 8.99. The molecule has 5 heteroatoms. The number of hydrogen-bond donors (Lipinski definition) is 0. The standard InChI is InChI=1S/C44H26N4O/c45-27-34-14-9-17-39-40(34)38-26-37(35-15-7-8-16-36(35)41(38)49-39)30-22-18-28(19-23-30)29-20-24-33(25-21-29)44-47-42(31-10-3-1-4-11-31)46-43(48-44)32-12-5-2-6-13-32/h1-26H. The van der Waals surface area contributed by atoms with Crippen molar-refractivity contribution in [3.63, 3.8) is 0 Å². The quantitative estimate of drug-likeness (QED) is 0.190. The van der Waals surface area contributed by atoms with Gasteiger partial charge in [-0.3, -0.25) is 0 Å². The Balaban J connectivity index is 1.08. The molecule has 0 radical (unpaired) electrons. The largest absolute Gasteiger partial charge is 0.455 e. The molecule has 2 aromatic heterocycles. The fourth-order valence-corrected chi connectivity index (χ4v) is 6.57. The average molecular weight is 627 g/mol. The number of fused-ring (bicyclic) bond motifs is 5. The van der Waals surface area contributed by atoms with Crippen LogP contribution in [0.15, 0.2) is 162 Å². The Morgan fingerprint density at radius 3 is 1.49 bits per heavy atom. The first-order valence-electron chi connectivity index (χ1n) is 16.1. The van der Waals surface area contributed by atoms with Crippen LogP contribution < -0.4 is 0 Å². The van der Waals surface area contributed by atoms with E-state index in [0.717, 1.165) is 71.7 Å². The summed E-state index contributed by atoms with van der Waals surface area (Å²) in [6.07, 6.45) is 0. The van der Waals surface area contributed by atoms with Crippen molar-refractivity contribution in [2.24, 2.45) is 0 Å². The molecule has 0 aliphatic heterocycles. The van der Waals surface area contributed by atoms with Crippen LogP contribution >= 0.6 is 0 Å². The van der Waals surface area contributed by atoms with Gasteiger partial charge in [-0.05, 0) is 45.8 Å². The summed E-state index contributed by atoms with van der Waals surface area (Å²) in [5, 5.41) is 13.8. The summed E-state index contributed by atoms with van der Waals surface area (Å²) in [7, 11) is 0. The smallest absolute Gasteiger partial charge is 0.164 e. The van der Waals surface area contributed by atoms with E-state index in [-0.39, 0.29) is 0 Å². The summed E-state index contributed by atoms with van der Waals surface area (Å²) in [4.78, 5) is 14.6. The second-order valence-electron chi connectivity index (χ2n) is 11.9. The Morgan fingerprint density at radius 2 is 0.918 bits per heavy atom. The summed E-state index contributed by atoms with van der Waals surface area (Å²) >= 11 is 0. The highest BCUT2D eigenvalue weighted by Gasteiger charge is 2.17. The molecule has 5 nitrogen and oxygen atoms in total. The van der Waals surface area contributed by atoms with Crippen molar-refractivity contribution in [1.82, 2.24) is 15.0 Å². The van der Waals surface area contributed by atoms with Crippen molar-refractivity contribution in [2.45, 2.75) is 0 Å². The van der Waals surface area contributed by atoms with E-state index in [4.69, 9.17) is 19.4 Å². The summed E-state index contributed by atoms with van der Waals surface area (Å²) in [6, 6.07) is 55.4. The molecular formula is C44H26N4O. The number of aromatic nitrogens is 3. The monoisotopic (exact) mass is 626 g/mol. The molecule has 9 aromatic rings. The molecular weight excluding hydrogens is 601 g/mol. The van der Waals surface area contributed by atoms with Crippen LogP contribution in [0.4, 0.5) is 0 Å². The maximum absolute atomic E-state index is 9.85.